The number of ether oxygens (including phenoxy) is 1. The number of methoxy groups -OCH3 is 1. The van der Waals surface area contributed by atoms with Crippen molar-refractivity contribution in [2.75, 3.05) is 25.2 Å². The number of rotatable bonds is 6. The third-order valence-electron chi connectivity index (χ3n) is 2.53. The summed E-state index contributed by atoms with van der Waals surface area (Å²) in [4.78, 5) is 11.4. The van der Waals surface area contributed by atoms with Gasteiger partial charge in [-0.25, -0.2) is 8.42 Å². The molecule has 0 aliphatic heterocycles. The zero-order chi connectivity index (χ0) is 12.1. The molecule has 0 aromatic carbocycles. The van der Waals surface area contributed by atoms with Crippen molar-refractivity contribution in [3.8, 4) is 0 Å². The van der Waals surface area contributed by atoms with Gasteiger partial charge in [-0.3, -0.25) is 4.79 Å². The summed E-state index contributed by atoms with van der Waals surface area (Å²) in [6, 6.07) is 0. The predicted molar refractivity (Wildman–Crippen MR) is 58.1 cm³/mol. The molecule has 0 aromatic rings. The third-order valence-corrected chi connectivity index (χ3v) is 4.24. The van der Waals surface area contributed by atoms with E-state index in [0.717, 1.165) is 0 Å². The first-order valence-corrected chi connectivity index (χ1v) is 6.62. The number of hydrogen-bond donors (Lipinski definition) is 1. The second-order valence-electron chi connectivity index (χ2n) is 3.74. The van der Waals surface area contributed by atoms with Gasteiger partial charge in [-0.15, -0.1) is 0 Å². The molecule has 0 heterocycles. The zero-order valence-electron chi connectivity index (χ0n) is 9.45. The van der Waals surface area contributed by atoms with Crippen LogP contribution in [-0.4, -0.2) is 39.5 Å². The number of hydrogen-bond acceptors (Lipinski definition) is 5. The highest BCUT2D eigenvalue weighted by atomic mass is 32.2. The molecule has 0 rings (SSSR count). The molecule has 0 radical (unpaired) electrons. The summed E-state index contributed by atoms with van der Waals surface area (Å²) in [6.07, 6.45) is 0.201. The van der Waals surface area contributed by atoms with Crippen LogP contribution in [0.4, 0.5) is 0 Å². The van der Waals surface area contributed by atoms with Crippen molar-refractivity contribution in [1.29, 1.82) is 0 Å². The van der Waals surface area contributed by atoms with E-state index in [-0.39, 0.29) is 24.5 Å². The summed E-state index contributed by atoms with van der Waals surface area (Å²) in [5.41, 5.74) is 4.55. The Labute approximate surface area is 90.9 Å². The average molecular weight is 237 g/mol. The molecular formula is C9H19NO4S. The molecule has 1 atom stereocenters. The Morgan fingerprint density at radius 1 is 1.47 bits per heavy atom. The second-order valence-corrected chi connectivity index (χ2v) is 6.22. The summed E-state index contributed by atoms with van der Waals surface area (Å²) in [7, 11) is -1.80. The monoisotopic (exact) mass is 237 g/mol. The summed E-state index contributed by atoms with van der Waals surface area (Å²) < 4.78 is 27.2. The molecule has 0 saturated heterocycles. The molecule has 6 heteroatoms. The first kappa shape index (κ1) is 14.4. The van der Waals surface area contributed by atoms with Crippen molar-refractivity contribution in [2.45, 2.75) is 20.3 Å². The average Bonchev–Trinajstić information content (AvgIpc) is 2.24. The van der Waals surface area contributed by atoms with E-state index in [0.29, 0.717) is 0 Å². The van der Waals surface area contributed by atoms with Crippen LogP contribution >= 0.6 is 0 Å². The van der Waals surface area contributed by atoms with E-state index in [9.17, 15) is 13.2 Å². The van der Waals surface area contributed by atoms with E-state index in [1.165, 1.54) is 7.11 Å². The van der Waals surface area contributed by atoms with Crippen LogP contribution in [0.15, 0.2) is 0 Å². The van der Waals surface area contributed by atoms with Gasteiger partial charge in [0.1, 0.15) is 9.84 Å². The summed E-state index contributed by atoms with van der Waals surface area (Å²) in [5, 5.41) is 0. The Morgan fingerprint density at radius 2 is 2.00 bits per heavy atom. The van der Waals surface area contributed by atoms with Gasteiger partial charge in [0.25, 0.3) is 0 Å². The van der Waals surface area contributed by atoms with Crippen molar-refractivity contribution in [2.24, 2.45) is 11.1 Å². The lowest BCUT2D eigenvalue weighted by molar-refractivity contribution is -0.151. The SMILES string of the molecule is CCS(=O)(=O)CCC(C)(CN)C(=O)OC. The zero-order valence-corrected chi connectivity index (χ0v) is 10.3. The minimum absolute atomic E-state index is 0.0354. The van der Waals surface area contributed by atoms with Gasteiger partial charge in [-0.05, 0) is 13.3 Å². The van der Waals surface area contributed by atoms with Crippen LogP contribution in [0.25, 0.3) is 0 Å². The maximum absolute atomic E-state index is 11.4. The molecule has 0 saturated carbocycles. The summed E-state index contributed by atoms with van der Waals surface area (Å²) in [6.45, 7) is 3.27. The highest BCUT2D eigenvalue weighted by Gasteiger charge is 2.33. The predicted octanol–water partition coefficient (Wildman–Crippen LogP) is -0.0508. The Balaban J connectivity index is 4.54. The highest BCUT2D eigenvalue weighted by Crippen LogP contribution is 2.22. The Bertz CT molecular complexity index is 312. The maximum atomic E-state index is 11.4. The lowest BCUT2D eigenvalue weighted by atomic mass is 9.88. The second kappa shape index (κ2) is 5.46. The lowest BCUT2D eigenvalue weighted by Gasteiger charge is -2.24. The molecule has 0 spiro atoms. The molecule has 0 aliphatic carbocycles. The van der Waals surface area contributed by atoms with Crippen LogP contribution in [0.1, 0.15) is 20.3 Å². The quantitative estimate of drug-likeness (QED) is 0.654. The molecular weight excluding hydrogens is 218 g/mol. The molecule has 0 aromatic heterocycles. The number of sulfone groups is 1. The third kappa shape index (κ3) is 4.17. The van der Waals surface area contributed by atoms with E-state index in [1.807, 2.05) is 0 Å². The Hall–Kier alpha value is -0.620. The van der Waals surface area contributed by atoms with E-state index in [4.69, 9.17) is 5.73 Å². The van der Waals surface area contributed by atoms with Gasteiger partial charge >= 0.3 is 5.97 Å². The first-order valence-electron chi connectivity index (χ1n) is 4.80. The molecule has 2 N–H and O–H groups in total. The molecule has 0 aliphatic rings. The first-order chi connectivity index (χ1) is 6.81. The lowest BCUT2D eigenvalue weighted by Crippen LogP contribution is -2.38. The van der Waals surface area contributed by atoms with Crippen molar-refractivity contribution < 1.29 is 17.9 Å². The Morgan fingerprint density at radius 3 is 2.33 bits per heavy atom. The fourth-order valence-electron chi connectivity index (χ4n) is 1.06. The van der Waals surface area contributed by atoms with Crippen molar-refractivity contribution in [3.05, 3.63) is 0 Å². The van der Waals surface area contributed by atoms with Crippen LogP contribution in [0, 0.1) is 5.41 Å². The van der Waals surface area contributed by atoms with E-state index < -0.39 is 21.2 Å². The van der Waals surface area contributed by atoms with Crippen LogP contribution in [-0.2, 0) is 19.4 Å². The van der Waals surface area contributed by atoms with Gasteiger partial charge in [0.05, 0.1) is 18.3 Å². The van der Waals surface area contributed by atoms with Gasteiger partial charge < -0.3 is 10.5 Å². The van der Waals surface area contributed by atoms with E-state index in [2.05, 4.69) is 4.74 Å². The molecule has 15 heavy (non-hydrogen) atoms. The van der Waals surface area contributed by atoms with Crippen molar-refractivity contribution in [3.63, 3.8) is 0 Å². The highest BCUT2D eigenvalue weighted by molar-refractivity contribution is 7.91. The van der Waals surface area contributed by atoms with E-state index in [1.54, 1.807) is 13.8 Å². The van der Waals surface area contributed by atoms with Crippen LogP contribution < -0.4 is 5.73 Å². The molecule has 1 unspecified atom stereocenters. The van der Waals surface area contributed by atoms with Crippen molar-refractivity contribution in [1.82, 2.24) is 0 Å². The van der Waals surface area contributed by atoms with Gasteiger partial charge in [0, 0.05) is 12.3 Å². The standard InChI is InChI=1S/C9H19NO4S/c1-4-15(12,13)6-5-9(2,7-10)8(11)14-3/h4-7,10H2,1-3H3. The van der Waals surface area contributed by atoms with Gasteiger partial charge in [0.15, 0.2) is 0 Å². The largest absolute Gasteiger partial charge is 0.469 e. The normalized spacial score (nSPS) is 15.7. The number of carbonyl (C=O) groups is 1. The molecule has 90 valence electrons. The van der Waals surface area contributed by atoms with Crippen LogP contribution in [0.2, 0.25) is 0 Å². The van der Waals surface area contributed by atoms with Crippen LogP contribution in [0.5, 0.6) is 0 Å². The van der Waals surface area contributed by atoms with E-state index >= 15 is 0 Å². The van der Waals surface area contributed by atoms with Gasteiger partial charge in [-0.2, -0.15) is 0 Å². The summed E-state index contributed by atoms with van der Waals surface area (Å²) in [5.74, 6) is -0.419. The fraction of sp³-hybridized carbons (Fsp3) is 0.889. The smallest absolute Gasteiger partial charge is 0.312 e. The van der Waals surface area contributed by atoms with Gasteiger partial charge in [-0.1, -0.05) is 6.92 Å². The Kier molecular flexibility index (Phi) is 5.23. The minimum atomic E-state index is -3.07. The topological polar surface area (TPSA) is 86.5 Å². The number of nitrogens with two attached hydrogens (primary N) is 1. The summed E-state index contributed by atoms with van der Waals surface area (Å²) >= 11 is 0. The molecule has 5 nitrogen and oxygen atoms in total. The van der Waals surface area contributed by atoms with Gasteiger partial charge in [0.2, 0.25) is 0 Å². The minimum Gasteiger partial charge on any atom is -0.469 e. The molecule has 0 bridgehead atoms. The number of esters is 1. The molecule has 0 amide bonds. The van der Waals surface area contributed by atoms with Crippen molar-refractivity contribution >= 4 is 15.8 Å². The maximum Gasteiger partial charge on any atom is 0.312 e. The fourth-order valence-corrected chi connectivity index (χ4v) is 2.11. The van der Waals surface area contributed by atoms with Crippen LogP contribution in [0.3, 0.4) is 0 Å². The molecule has 0 fully saturated rings. The number of carbonyl (C=O) groups excluding carboxylic acids is 1.